The molecule has 0 fully saturated rings. The molecule has 1 aromatic heterocycles. The van der Waals surface area contributed by atoms with E-state index in [1.54, 1.807) is 41.0 Å². The quantitative estimate of drug-likeness (QED) is 0.355. The third-order valence-corrected chi connectivity index (χ3v) is 8.31. The van der Waals surface area contributed by atoms with Gasteiger partial charge in [0.2, 0.25) is 0 Å². The number of nitrogens with one attached hydrogen (secondary N) is 1. The van der Waals surface area contributed by atoms with Crippen LogP contribution in [0.2, 0.25) is 5.02 Å². The van der Waals surface area contributed by atoms with Crippen molar-refractivity contribution in [2.45, 2.75) is 25.3 Å². The van der Waals surface area contributed by atoms with Gasteiger partial charge >= 0.3 is 5.97 Å². The van der Waals surface area contributed by atoms with Crippen molar-refractivity contribution in [3.05, 3.63) is 87.2 Å². The highest BCUT2D eigenvalue weighted by Crippen LogP contribution is 2.27. The lowest BCUT2D eigenvalue weighted by Gasteiger charge is -2.11. The Morgan fingerprint density at radius 1 is 1.06 bits per heavy atom. The van der Waals surface area contributed by atoms with Gasteiger partial charge in [-0.1, -0.05) is 52.8 Å². The van der Waals surface area contributed by atoms with Crippen LogP contribution in [0, 0.1) is 13.8 Å². The molecule has 36 heavy (non-hydrogen) atoms. The van der Waals surface area contributed by atoms with E-state index >= 15 is 0 Å². The van der Waals surface area contributed by atoms with Crippen molar-refractivity contribution in [3.8, 4) is 0 Å². The number of para-hydroxylation sites is 1. The Morgan fingerprint density at radius 3 is 2.44 bits per heavy atom. The summed E-state index contributed by atoms with van der Waals surface area (Å²) in [6.07, 6.45) is 0. The number of fused-ring (bicyclic) bond motifs is 1. The second-order valence-corrected chi connectivity index (χ2v) is 11.0. The number of esters is 1. The maximum absolute atomic E-state index is 13.3. The van der Waals surface area contributed by atoms with Gasteiger partial charge in [0, 0.05) is 5.02 Å². The molecular formula is C25H22ClN3O5S2. The molecule has 1 amide bonds. The number of hydrogen-bond donors (Lipinski definition) is 1. The molecule has 0 unspecified atom stereocenters. The van der Waals surface area contributed by atoms with Crippen LogP contribution in [0.5, 0.6) is 0 Å². The van der Waals surface area contributed by atoms with E-state index in [0.29, 0.717) is 10.5 Å². The summed E-state index contributed by atoms with van der Waals surface area (Å²) in [7, 11) is -2.67. The number of ether oxygens (including phenoxy) is 1. The molecule has 0 radical (unpaired) electrons. The fourth-order valence-electron chi connectivity index (χ4n) is 3.57. The van der Waals surface area contributed by atoms with Crippen molar-refractivity contribution in [3.63, 3.8) is 0 Å². The Bertz CT molecular complexity index is 1660. The van der Waals surface area contributed by atoms with Gasteiger partial charge in [-0.05, 0) is 55.8 Å². The first-order valence-corrected chi connectivity index (χ1v) is 13.4. The summed E-state index contributed by atoms with van der Waals surface area (Å²) in [6.45, 7) is 3.49. The van der Waals surface area contributed by atoms with E-state index in [1.807, 2.05) is 13.8 Å². The van der Waals surface area contributed by atoms with Gasteiger partial charge in [-0.15, -0.1) is 0 Å². The predicted molar refractivity (Wildman–Crippen MR) is 140 cm³/mol. The highest BCUT2D eigenvalue weighted by Gasteiger charge is 2.20. The number of rotatable bonds is 6. The monoisotopic (exact) mass is 543 g/mol. The molecule has 4 rings (SSSR count). The molecule has 1 N–H and O–H groups in total. The summed E-state index contributed by atoms with van der Waals surface area (Å²) in [5.74, 6) is -1.19. The number of hydrogen-bond acceptors (Lipinski definition) is 6. The number of aryl methyl sites for hydroxylation is 2. The fraction of sp³-hybridized carbons (Fsp3) is 0.160. The minimum atomic E-state index is -3.94. The van der Waals surface area contributed by atoms with E-state index in [0.717, 1.165) is 15.8 Å². The molecule has 0 atom stereocenters. The van der Waals surface area contributed by atoms with E-state index in [1.165, 1.54) is 42.7 Å². The van der Waals surface area contributed by atoms with Crippen molar-refractivity contribution in [2.75, 3.05) is 11.8 Å². The predicted octanol–water partition coefficient (Wildman–Crippen LogP) is 4.69. The molecule has 0 saturated heterocycles. The number of thiazole rings is 1. The van der Waals surface area contributed by atoms with Gasteiger partial charge in [0.25, 0.3) is 15.9 Å². The highest BCUT2D eigenvalue weighted by atomic mass is 35.5. The second kappa shape index (κ2) is 10.3. The molecule has 3 aromatic carbocycles. The number of carbonyl (C=O) groups excluding carboxylic acids is 2. The molecule has 8 nitrogen and oxygen atoms in total. The Kier molecular flexibility index (Phi) is 7.30. The van der Waals surface area contributed by atoms with Gasteiger partial charge in [0.05, 0.1) is 33.5 Å². The van der Waals surface area contributed by atoms with Crippen LogP contribution in [-0.4, -0.2) is 32.0 Å². The molecule has 0 spiro atoms. The topological polar surface area (TPSA) is 107 Å². The number of carbonyl (C=O) groups is 2. The van der Waals surface area contributed by atoms with E-state index in [9.17, 15) is 18.0 Å². The van der Waals surface area contributed by atoms with Crippen LogP contribution >= 0.6 is 22.9 Å². The molecule has 0 aliphatic heterocycles. The third kappa shape index (κ3) is 5.20. The first-order chi connectivity index (χ1) is 17.1. The van der Waals surface area contributed by atoms with E-state index < -0.39 is 21.9 Å². The molecular weight excluding hydrogens is 522 g/mol. The van der Waals surface area contributed by atoms with Gasteiger partial charge in [-0.3, -0.25) is 14.3 Å². The number of anilines is 1. The molecule has 0 bridgehead atoms. The smallest absolute Gasteiger partial charge is 0.325 e. The summed E-state index contributed by atoms with van der Waals surface area (Å²) in [5, 5.41) is 0.507. The average Bonchev–Trinajstić information content (AvgIpc) is 3.18. The van der Waals surface area contributed by atoms with Crippen LogP contribution < -0.4 is 9.52 Å². The third-order valence-electron chi connectivity index (χ3n) is 5.48. The average molecular weight is 544 g/mol. The molecule has 1 heterocycles. The number of methoxy groups -OCH3 is 1. The lowest BCUT2D eigenvalue weighted by molar-refractivity contribution is -0.141. The summed E-state index contributed by atoms with van der Waals surface area (Å²) in [4.78, 5) is 30.0. The molecule has 0 aliphatic carbocycles. The summed E-state index contributed by atoms with van der Waals surface area (Å²) < 4.78 is 35.5. The number of nitrogens with zero attached hydrogens (tertiary/aromatic N) is 2. The maximum Gasteiger partial charge on any atom is 0.325 e. The van der Waals surface area contributed by atoms with Crippen LogP contribution in [0.25, 0.3) is 10.2 Å². The van der Waals surface area contributed by atoms with Crippen molar-refractivity contribution in [1.82, 2.24) is 4.57 Å². The zero-order valence-corrected chi connectivity index (χ0v) is 22.0. The van der Waals surface area contributed by atoms with Gasteiger partial charge in [0.15, 0.2) is 4.80 Å². The first kappa shape index (κ1) is 25.6. The van der Waals surface area contributed by atoms with Gasteiger partial charge in [-0.2, -0.15) is 4.99 Å². The van der Waals surface area contributed by atoms with E-state index in [4.69, 9.17) is 16.3 Å². The molecule has 4 aromatic rings. The number of amides is 1. The Hall–Kier alpha value is -3.47. The summed E-state index contributed by atoms with van der Waals surface area (Å²) >= 11 is 7.50. The van der Waals surface area contributed by atoms with Gasteiger partial charge < -0.3 is 9.30 Å². The Morgan fingerprint density at radius 2 is 1.75 bits per heavy atom. The molecule has 0 aliphatic rings. The second-order valence-electron chi connectivity index (χ2n) is 7.95. The van der Waals surface area contributed by atoms with Crippen LogP contribution in [0.15, 0.2) is 70.6 Å². The molecule has 11 heteroatoms. The summed E-state index contributed by atoms with van der Waals surface area (Å²) in [5.41, 5.74) is 2.47. The van der Waals surface area contributed by atoms with Crippen molar-refractivity contribution in [2.24, 2.45) is 4.99 Å². The lowest BCUT2D eigenvalue weighted by atomic mass is 10.2. The minimum absolute atomic E-state index is 0.0602. The van der Waals surface area contributed by atoms with Crippen LogP contribution in [-0.2, 0) is 26.1 Å². The van der Waals surface area contributed by atoms with Crippen LogP contribution in [0.1, 0.15) is 21.5 Å². The van der Waals surface area contributed by atoms with Crippen molar-refractivity contribution < 1.29 is 22.7 Å². The Labute approximate surface area is 216 Å². The number of halogens is 1. The molecule has 0 saturated carbocycles. The molecule has 186 valence electrons. The maximum atomic E-state index is 13.3. The zero-order valence-electron chi connectivity index (χ0n) is 19.6. The highest BCUT2D eigenvalue weighted by molar-refractivity contribution is 7.92. The van der Waals surface area contributed by atoms with Gasteiger partial charge in [0.1, 0.15) is 6.54 Å². The van der Waals surface area contributed by atoms with E-state index in [-0.39, 0.29) is 27.5 Å². The Balaban J connectivity index is 1.79. The lowest BCUT2D eigenvalue weighted by Crippen LogP contribution is -2.23. The first-order valence-electron chi connectivity index (χ1n) is 10.7. The van der Waals surface area contributed by atoms with Crippen LogP contribution in [0.3, 0.4) is 0 Å². The number of aromatic nitrogens is 1. The number of sulfonamides is 1. The van der Waals surface area contributed by atoms with Crippen molar-refractivity contribution >= 4 is 60.7 Å². The summed E-state index contributed by atoms with van der Waals surface area (Å²) in [6, 6.07) is 16.1. The van der Waals surface area contributed by atoms with E-state index in [2.05, 4.69) is 9.71 Å². The SMILES string of the molecule is COC(=O)Cn1c(=NC(=O)c2ccccc2NS(=O)(=O)c2ccc(C)cc2)sc2ccc(Cl)c(C)c21. The van der Waals surface area contributed by atoms with Crippen LogP contribution in [0.4, 0.5) is 5.69 Å². The van der Waals surface area contributed by atoms with Crippen molar-refractivity contribution in [1.29, 1.82) is 0 Å². The fourth-order valence-corrected chi connectivity index (χ4v) is 5.89. The standard InChI is InChI=1S/C25H22ClN3O5S2/c1-15-8-10-17(11-9-15)36(32,33)28-20-7-5-4-6-18(20)24(31)27-25-29(14-22(30)34-3)23-16(2)19(26)12-13-21(23)35-25/h4-13,28H,14H2,1-3H3. The normalized spacial score (nSPS) is 12.1. The minimum Gasteiger partial charge on any atom is -0.468 e. The zero-order chi connectivity index (χ0) is 26.0. The largest absolute Gasteiger partial charge is 0.468 e. The van der Waals surface area contributed by atoms with Gasteiger partial charge in [-0.25, -0.2) is 8.42 Å². The number of benzene rings is 3.